The van der Waals surface area contributed by atoms with Crippen LogP contribution in [-0.4, -0.2) is 40.6 Å². The minimum atomic E-state index is -1.90. The second-order valence-corrected chi connectivity index (χ2v) is 16.4. The molecule has 0 rings (SSSR count). The number of hydrogen-bond donors (Lipinski definition) is 0. The Bertz CT molecular complexity index is 826. The van der Waals surface area contributed by atoms with Gasteiger partial charge in [-0.15, -0.1) is 6.58 Å². The number of hydrogen-bond acceptors (Lipinski definition) is 5. The Kier molecular flexibility index (Phi) is 15.3. The van der Waals surface area contributed by atoms with Gasteiger partial charge in [-0.25, -0.2) is 0 Å². The van der Waals surface area contributed by atoms with Gasteiger partial charge in [-0.1, -0.05) is 63.1 Å². The van der Waals surface area contributed by atoms with Gasteiger partial charge < -0.3 is 13.9 Å². The highest BCUT2D eigenvalue weighted by atomic mass is 28.4. The predicted molar refractivity (Wildman–Crippen MR) is 158 cm³/mol. The topological polar surface area (TPSA) is 61.8 Å². The van der Waals surface area contributed by atoms with Crippen LogP contribution < -0.4 is 0 Å². The van der Waals surface area contributed by atoms with E-state index in [2.05, 4.69) is 73.4 Å². The van der Waals surface area contributed by atoms with Gasteiger partial charge in [0.25, 0.3) is 0 Å². The zero-order valence-electron chi connectivity index (χ0n) is 25.6. The van der Waals surface area contributed by atoms with E-state index in [-0.39, 0.29) is 17.6 Å². The normalized spacial score (nSPS) is 14.8. The van der Waals surface area contributed by atoms with Crippen LogP contribution in [-0.2, 0) is 23.5 Å². The summed E-state index contributed by atoms with van der Waals surface area (Å²) in [5.74, 6) is -1.09. The van der Waals surface area contributed by atoms with Crippen molar-refractivity contribution in [1.29, 1.82) is 0 Å². The Labute approximate surface area is 228 Å². The zero-order chi connectivity index (χ0) is 28.9. The number of carbonyl (C=O) groups is 2. The van der Waals surface area contributed by atoms with Crippen LogP contribution in [0.3, 0.4) is 0 Å². The summed E-state index contributed by atoms with van der Waals surface area (Å²) in [6.07, 6.45) is 12.9. The highest BCUT2D eigenvalue weighted by Crippen LogP contribution is 2.38. The molecule has 0 aliphatic rings. The molecule has 0 aliphatic heterocycles. The minimum absolute atomic E-state index is 0.0357. The molecule has 0 fully saturated rings. The second-order valence-electron chi connectivity index (χ2n) is 11.6. The first-order chi connectivity index (χ1) is 17.1. The van der Waals surface area contributed by atoms with Crippen LogP contribution in [0.5, 0.6) is 0 Å². The van der Waals surface area contributed by atoms with E-state index in [4.69, 9.17) is 13.9 Å². The summed E-state index contributed by atoms with van der Waals surface area (Å²) >= 11 is 0. The van der Waals surface area contributed by atoms with Crippen LogP contribution in [0.2, 0.25) is 18.1 Å². The maximum absolute atomic E-state index is 12.8. The lowest BCUT2D eigenvalue weighted by molar-refractivity contribution is -0.169. The van der Waals surface area contributed by atoms with Crippen LogP contribution in [0.15, 0.2) is 47.6 Å². The molecule has 0 radical (unpaired) electrons. The number of rotatable bonds is 16. The van der Waals surface area contributed by atoms with E-state index < -0.39 is 25.7 Å². The molecule has 0 heterocycles. The molecule has 6 heteroatoms. The van der Waals surface area contributed by atoms with Gasteiger partial charge in [0.05, 0.1) is 20.3 Å². The van der Waals surface area contributed by atoms with Gasteiger partial charge in [0, 0.05) is 0 Å². The maximum Gasteiger partial charge on any atom is 0.323 e. The molecule has 0 aliphatic carbocycles. The van der Waals surface area contributed by atoms with E-state index in [1.807, 2.05) is 19.1 Å². The SMILES string of the molecule is C=CCC(O[Si](C)(C)C(C)(C)C)/C(C)=C/CC/C(C)=C/CC(CC/C=C(\C)CC)(C(=O)OC)C(=O)OC. The average molecular weight is 535 g/mol. The Morgan fingerprint density at radius 1 is 0.919 bits per heavy atom. The van der Waals surface area contributed by atoms with Gasteiger partial charge in [-0.2, -0.15) is 0 Å². The molecule has 0 aromatic rings. The molecular weight excluding hydrogens is 480 g/mol. The van der Waals surface area contributed by atoms with Crippen LogP contribution in [0.25, 0.3) is 0 Å². The van der Waals surface area contributed by atoms with Crippen molar-refractivity contribution in [1.82, 2.24) is 0 Å². The van der Waals surface area contributed by atoms with Gasteiger partial charge in [-0.3, -0.25) is 9.59 Å². The van der Waals surface area contributed by atoms with Crippen LogP contribution in [0.1, 0.15) is 93.4 Å². The minimum Gasteiger partial charge on any atom is -0.468 e. The molecule has 1 unspecified atom stereocenters. The van der Waals surface area contributed by atoms with Crippen molar-refractivity contribution in [3.8, 4) is 0 Å². The second kappa shape index (κ2) is 16.1. The number of esters is 2. The van der Waals surface area contributed by atoms with Gasteiger partial charge in [-0.05, 0) is 89.4 Å². The molecule has 1 atom stereocenters. The fraction of sp³-hybridized carbons (Fsp3) is 0.677. The first-order valence-corrected chi connectivity index (χ1v) is 16.5. The molecule has 0 saturated heterocycles. The summed E-state index contributed by atoms with van der Waals surface area (Å²) in [5, 5.41) is 0.142. The summed E-state index contributed by atoms with van der Waals surface area (Å²) < 4.78 is 16.8. The van der Waals surface area contributed by atoms with E-state index >= 15 is 0 Å². The summed E-state index contributed by atoms with van der Waals surface area (Å²) in [5.41, 5.74) is 2.22. The monoisotopic (exact) mass is 534 g/mol. The van der Waals surface area contributed by atoms with Crippen molar-refractivity contribution in [3.63, 3.8) is 0 Å². The molecule has 212 valence electrons. The molecular formula is C31H54O5Si. The third-order valence-electron chi connectivity index (χ3n) is 7.71. The Morgan fingerprint density at radius 3 is 1.95 bits per heavy atom. The Morgan fingerprint density at radius 2 is 1.49 bits per heavy atom. The summed E-state index contributed by atoms with van der Waals surface area (Å²) in [6, 6.07) is 0. The fourth-order valence-corrected chi connectivity index (χ4v) is 5.12. The zero-order valence-corrected chi connectivity index (χ0v) is 26.6. The molecule has 0 aromatic carbocycles. The highest BCUT2D eigenvalue weighted by molar-refractivity contribution is 6.74. The van der Waals surface area contributed by atoms with Crippen molar-refractivity contribution in [3.05, 3.63) is 47.6 Å². The summed E-state index contributed by atoms with van der Waals surface area (Å²) in [7, 11) is 0.740. The molecule has 0 spiro atoms. The summed E-state index contributed by atoms with van der Waals surface area (Å²) in [6.45, 7) is 23.5. The van der Waals surface area contributed by atoms with Gasteiger partial charge in [0.1, 0.15) is 0 Å². The van der Waals surface area contributed by atoms with Gasteiger partial charge in [0.15, 0.2) is 13.7 Å². The predicted octanol–water partition coefficient (Wildman–Crippen LogP) is 8.48. The fourth-order valence-electron chi connectivity index (χ4n) is 3.78. The lowest BCUT2D eigenvalue weighted by atomic mass is 9.79. The van der Waals surface area contributed by atoms with E-state index in [1.165, 1.54) is 25.4 Å². The molecule has 0 aromatic heterocycles. The molecule has 37 heavy (non-hydrogen) atoms. The smallest absolute Gasteiger partial charge is 0.323 e. The Balaban J connectivity index is 5.60. The largest absolute Gasteiger partial charge is 0.468 e. The molecule has 0 amide bonds. The third-order valence-corrected chi connectivity index (χ3v) is 12.2. The molecule has 0 N–H and O–H groups in total. The quantitative estimate of drug-likeness (QED) is 0.0860. The van der Waals surface area contributed by atoms with Crippen molar-refractivity contribution in [2.24, 2.45) is 5.41 Å². The number of methoxy groups -OCH3 is 2. The number of ether oxygens (including phenoxy) is 2. The first kappa shape index (κ1) is 35.1. The van der Waals surface area contributed by atoms with Gasteiger partial charge >= 0.3 is 11.9 Å². The van der Waals surface area contributed by atoms with E-state index in [1.54, 1.807) is 0 Å². The first-order valence-electron chi connectivity index (χ1n) is 13.5. The van der Waals surface area contributed by atoms with Crippen molar-refractivity contribution in [2.75, 3.05) is 14.2 Å². The van der Waals surface area contributed by atoms with Crippen molar-refractivity contribution < 1.29 is 23.5 Å². The standard InChI is InChI=1S/C31H54O5Si/c1-13-17-27(36-37(11,12)30(6,7)8)26(5)20-15-18-25(4)21-23-31(28(32)34-9,29(33)35-10)22-16-19-24(3)14-2/h13,19-21,27H,1,14-18,22-23H2,2-12H3/b24-19+,25-21+,26-20+. The third kappa shape index (κ3) is 11.2. The average Bonchev–Trinajstić information content (AvgIpc) is 2.83. The number of carbonyl (C=O) groups excluding carboxylic acids is 2. The highest BCUT2D eigenvalue weighted by Gasteiger charge is 2.47. The summed E-state index contributed by atoms with van der Waals surface area (Å²) in [4.78, 5) is 25.6. The number of allylic oxidation sites excluding steroid dienone is 5. The van der Waals surface area contributed by atoms with E-state index in [9.17, 15) is 9.59 Å². The molecule has 0 bridgehead atoms. The van der Waals surface area contributed by atoms with E-state index in [0.717, 1.165) is 31.3 Å². The lowest BCUT2D eigenvalue weighted by Crippen LogP contribution is -2.44. The maximum atomic E-state index is 12.8. The van der Waals surface area contributed by atoms with Crippen LogP contribution in [0, 0.1) is 5.41 Å². The Hall–Kier alpha value is -1.92. The molecule has 5 nitrogen and oxygen atoms in total. The lowest BCUT2D eigenvalue weighted by Gasteiger charge is -2.39. The van der Waals surface area contributed by atoms with E-state index in [0.29, 0.717) is 12.8 Å². The van der Waals surface area contributed by atoms with Crippen molar-refractivity contribution >= 4 is 20.3 Å². The van der Waals surface area contributed by atoms with Crippen LogP contribution in [0.4, 0.5) is 0 Å². The van der Waals surface area contributed by atoms with Crippen molar-refractivity contribution in [2.45, 2.75) is 118 Å². The van der Waals surface area contributed by atoms with Gasteiger partial charge in [0.2, 0.25) is 0 Å². The molecule has 0 saturated carbocycles. The van der Waals surface area contributed by atoms with Crippen LogP contribution >= 0.6 is 0 Å².